The van der Waals surface area contributed by atoms with Gasteiger partial charge in [0.25, 0.3) is 0 Å². The van der Waals surface area contributed by atoms with Crippen molar-refractivity contribution < 1.29 is 4.74 Å². The molecule has 1 aliphatic heterocycles. The van der Waals surface area contributed by atoms with Crippen LogP contribution < -0.4 is 10.5 Å². The average molecular weight is 331 g/mol. The fraction of sp³-hybridized carbons (Fsp3) is 0.143. The lowest BCUT2D eigenvalue weighted by Crippen LogP contribution is -2.21. The molecule has 0 aliphatic carbocycles. The number of nitrogens with two attached hydrogens (primary N) is 1. The highest BCUT2D eigenvalue weighted by Gasteiger charge is 2.33. The van der Waals surface area contributed by atoms with E-state index in [2.05, 4.69) is 32.2 Å². The average Bonchev–Trinajstić information content (AvgIpc) is 2.79. The number of nitrogens with one attached hydrogen (secondary N) is 1. The van der Waals surface area contributed by atoms with Gasteiger partial charge in [-0.2, -0.15) is 5.26 Å². The van der Waals surface area contributed by atoms with Gasteiger partial charge < -0.3 is 10.5 Å². The van der Waals surface area contributed by atoms with Gasteiger partial charge in [0.1, 0.15) is 11.6 Å². The molecule has 0 saturated carbocycles. The largest absolute Gasteiger partial charge is 0.420 e. The molecule has 1 aromatic carbocycles. The molecule has 0 spiro atoms. The van der Waals surface area contributed by atoms with Crippen LogP contribution in [0.25, 0.3) is 0 Å². The van der Waals surface area contributed by atoms with Crippen LogP contribution >= 0.6 is 15.9 Å². The minimum absolute atomic E-state index is 0.111. The molecule has 6 heteroatoms. The summed E-state index contributed by atoms with van der Waals surface area (Å²) in [5.74, 6) is 0.293. The zero-order valence-electron chi connectivity index (χ0n) is 10.6. The van der Waals surface area contributed by atoms with E-state index in [1.807, 2.05) is 31.2 Å². The van der Waals surface area contributed by atoms with E-state index < -0.39 is 0 Å². The second-order valence-electron chi connectivity index (χ2n) is 4.54. The van der Waals surface area contributed by atoms with Crippen LogP contribution in [0, 0.1) is 18.3 Å². The number of fused-ring (bicyclic) bond motifs is 1. The number of H-pyrrole nitrogens is 1. The Labute approximate surface area is 124 Å². The predicted molar refractivity (Wildman–Crippen MR) is 76.8 cm³/mol. The molecule has 0 radical (unpaired) electrons. The summed E-state index contributed by atoms with van der Waals surface area (Å²) in [7, 11) is 0. The predicted octanol–water partition coefficient (Wildman–Crippen LogP) is 2.70. The Balaban J connectivity index is 2.22. The number of ether oxygens (including phenoxy) is 1. The van der Waals surface area contributed by atoms with Crippen molar-refractivity contribution in [2.24, 2.45) is 5.73 Å². The Hall–Kier alpha value is -2.26. The van der Waals surface area contributed by atoms with Gasteiger partial charge in [-0.15, -0.1) is 5.10 Å². The van der Waals surface area contributed by atoms with Gasteiger partial charge in [-0.3, -0.25) is 5.10 Å². The highest BCUT2D eigenvalue weighted by Crippen LogP contribution is 2.42. The maximum absolute atomic E-state index is 9.39. The summed E-state index contributed by atoms with van der Waals surface area (Å²) < 4.78 is 6.39. The van der Waals surface area contributed by atoms with Crippen LogP contribution in [-0.2, 0) is 0 Å². The van der Waals surface area contributed by atoms with Crippen molar-refractivity contribution in [1.29, 1.82) is 5.26 Å². The van der Waals surface area contributed by atoms with Crippen molar-refractivity contribution in [1.82, 2.24) is 10.2 Å². The smallest absolute Gasteiger partial charge is 0.244 e. The van der Waals surface area contributed by atoms with Crippen LogP contribution in [0.1, 0.15) is 22.7 Å². The molecule has 0 saturated heterocycles. The Morgan fingerprint density at radius 2 is 2.10 bits per heavy atom. The molecule has 2 heterocycles. The second kappa shape index (κ2) is 4.69. The third-order valence-electron chi connectivity index (χ3n) is 3.33. The molecule has 1 atom stereocenters. The molecule has 0 fully saturated rings. The maximum Gasteiger partial charge on any atom is 0.244 e. The molecule has 1 aromatic heterocycles. The minimum atomic E-state index is -0.254. The molecule has 3 rings (SSSR count). The number of hydrogen-bond donors (Lipinski definition) is 2. The van der Waals surface area contributed by atoms with E-state index in [9.17, 15) is 5.26 Å². The van der Waals surface area contributed by atoms with Crippen LogP contribution in [0.2, 0.25) is 0 Å². The lowest BCUT2D eigenvalue weighted by atomic mass is 9.84. The van der Waals surface area contributed by atoms with Crippen LogP contribution in [-0.4, -0.2) is 10.2 Å². The third kappa shape index (κ3) is 1.87. The summed E-state index contributed by atoms with van der Waals surface area (Å²) in [5.41, 5.74) is 8.95. The number of hydrogen-bond acceptors (Lipinski definition) is 4. The zero-order chi connectivity index (χ0) is 14.3. The van der Waals surface area contributed by atoms with E-state index in [0.717, 1.165) is 21.3 Å². The van der Waals surface area contributed by atoms with E-state index in [1.54, 1.807) is 0 Å². The van der Waals surface area contributed by atoms with Gasteiger partial charge in [0.2, 0.25) is 11.8 Å². The summed E-state index contributed by atoms with van der Waals surface area (Å²) in [6.45, 7) is 1.90. The summed E-state index contributed by atoms with van der Waals surface area (Å²) in [6.07, 6.45) is 0. The number of nitriles is 1. The number of aromatic amines is 1. The minimum Gasteiger partial charge on any atom is -0.420 e. The first-order chi connectivity index (χ1) is 9.61. The Bertz CT molecular complexity index is 740. The molecule has 20 heavy (non-hydrogen) atoms. The number of aryl methyl sites for hydroxylation is 1. The molecule has 0 bridgehead atoms. The molecule has 0 unspecified atom stereocenters. The molecule has 5 nitrogen and oxygen atoms in total. The van der Waals surface area contributed by atoms with Gasteiger partial charge in [-0.1, -0.05) is 28.1 Å². The fourth-order valence-electron chi connectivity index (χ4n) is 2.39. The van der Waals surface area contributed by atoms with Crippen molar-refractivity contribution in [2.45, 2.75) is 12.8 Å². The number of rotatable bonds is 1. The Morgan fingerprint density at radius 1 is 1.40 bits per heavy atom. The summed E-state index contributed by atoms with van der Waals surface area (Å²) in [5, 5.41) is 16.4. The van der Waals surface area contributed by atoms with Gasteiger partial charge in [0, 0.05) is 15.7 Å². The second-order valence-corrected chi connectivity index (χ2v) is 5.46. The quantitative estimate of drug-likeness (QED) is 0.841. The van der Waals surface area contributed by atoms with E-state index in [1.165, 1.54) is 0 Å². The molecule has 3 N–H and O–H groups in total. The van der Waals surface area contributed by atoms with E-state index in [4.69, 9.17) is 10.5 Å². The highest BCUT2D eigenvalue weighted by atomic mass is 79.9. The molecular formula is C14H11BrN4O. The third-order valence-corrected chi connectivity index (χ3v) is 3.86. The van der Waals surface area contributed by atoms with Crippen molar-refractivity contribution >= 4 is 15.9 Å². The van der Waals surface area contributed by atoms with Gasteiger partial charge in [-0.05, 0) is 24.6 Å². The number of benzene rings is 1. The van der Waals surface area contributed by atoms with Crippen LogP contribution in [0.3, 0.4) is 0 Å². The Morgan fingerprint density at radius 3 is 2.75 bits per heavy atom. The maximum atomic E-state index is 9.39. The molecule has 0 amide bonds. The number of halogens is 1. The summed E-state index contributed by atoms with van der Waals surface area (Å²) >= 11 is 3.41. The topological polar surface area (TPSA) is 87.7 Å². The van der Waals surface area contributed by atoms with Crippen molar-refractivity contribution in [3.8, 4) is 11.9 Å². The lowest BCUT2D eigenvalue weighted by molar-refractivity contribution is 0.379. The van der Waals surface area contributed by atoms with E-state index >= 15 is 0 Å². The van der Waals surface area contributed by atoms with Crippen molar-refractivity contribution in [2.75, 3.05) is 0 Å². The van der Waals surface area contributed by atoms with Crippen LogP contribution in [0.4, 0.5) is 0 Å². The number of nitrogens with zero attached hydrogens (tertiary/aromatic N) is 2. The zero-order valence-corrected chi connectivity index (χ0v) is 12.2. The first kappa shape index (κ1) is 12.8. The molecule has 100 valence electrons. The lowest BCUT2D eigenvalue weighted by Gasteiger charge is -2.23. The molecule has 2 aromatic rings. The monoisotopic (exact) mass is 330 g/mol. The van der Waals surface area contributed by atoms with Crippen molar-refractivity contribution in [3.63, 3.8) is 0 Å². The van der Waals surface area contributed by atoms with E-state index in [0.29, 0.717) is 11.5 Å². The summed E-state index contributed by atoms with van der Waals surface area (Å²) in [6, 6.07) is 9.94. The Kier molecular flexibility index (Phi) is 2.99. The van der Waals surface area contributed by atoms with Crippen LogP contribution in [0.5, 0.6) is 5.88 Å². The van der Waals surface area contributed by atoms with Crippen molar-refractivity contribution in [3.05, 3.63) is 57.0 Å². The normalized spacial score (nSPS) is 17.4. The van der Waals surface area contributed by atoms with E-state index in [-0.39, 0.29) is 11.8 Å². The standard InChI is InChI=1S/C14H11BrN4O/c1-7-11-12(8-2-4-9(15)5-3-8)10(6-16)13(17)20-14(11)19-18-7/h2-5,12H,17H2,1H3,(H,18,19)/t12-/m1/s1. The fourth-order valence-corrected chi connectivity index (χ4v) is 2.65. The highest BCUT2D eigenvalue weighted by molar-refractivity contribution is 9.10. The number of aromatic nitrogens is 2. The van der Waals surface area contributed by atoms with Gasteiger partial charge >= 0.3 is 0 Å². The SMILES string of the molecule is Cc1[nH]nc2c1[C@H](c1ccc(Br)cc1)C(C#N)=C(N)O2. The summed E-state index contributed by atoms with van der Waals surface area (Å²) in [4.78, 5) is 0. The van der Waals surface area contributed by atoms with Crippen LogP contribution in [0.15, 0.2) is 40.2 Å². The number of allylic oxidation sites excluding steroid dienone is 1. The molecular weight excluding hydrogens is 320 g/mol. The first-order valence-electron chi connectivity index (χ1n) is 5.99. The molecule has 1 aliphatic rings. The first-order valence-corrected chi connectivity index (χ1v) is 6.79. The van der Waals surface area contributed by atoms with Gasteiger partial charge in [-0.25, -0.2) is 0 Å². The van der Waals surface area contributed by atoms with Gasteiger partial charge in [0.05, 0.1) is 5.92 Å². The van der Waals surface area contributed by atoms with Gasteiger partial charge in [0.15, 0.2) is 0 Å².